The minimum absolute atomic E-state index is 0.0118. The van der Waals surface area contributed by atoms with Crippen molar-refractivity contribution in [3.05, 3.63) is 23.4 Å². The Morgan fingerprint density at radius 1 is 1.58 bits per heavy atom. The number of nitrogens with two attached hydrogens (primary N) is 1. The maximum atomic E-state index is 12.2. The van der Waals surface area contributed by atoms with Crippen molar-refractivity contribution in [1.29, 1.82) is 0 Å². The summed E-state index contributed by atoms with van der Waals surface area (Å²) in [7, 11) is 0. The monoisotopic (exact) mass is 282 g/mol. The molecule has 1 atom stereocenters. The molecule has 19 heavy (non-hydrogen) atoms. The van der Waals surface area contributed by atoms with Gasteiger partial charge in [0, 0.05) is 25.8 Å². The van der Waals surface area contributed by atoms with Crippen LogP contribution in [-0.2, 0) is 4.79 Å². The molecule has 1 amide bonds. The van der Waals surface area contributed by atoms with Gasteiger partial charge in [0.2, 0.25) is 5.91 Å². The highest BCUT2D eigenvalue weighted by Gasteiger charge is 2.25. The van der Waals surface area contributed by atoms with Gasteiger partial charge in [0.1, 0.15) is 5.82 Å². The van der Waals surface area contributed by atoms with Gasteiger partial charge in [0.15, 0.2) is 0 Å². The van der Waals surface area contributed by atoms with E-state index in [1.165, 1.54) is 6.20 Å². The summed E-state index contributed by atoms with van der Waals surface area (Å²) in [4.78, 5) is 18.5. The van der Waals surface area contributed by atoms with E-state index in [0.29, 0.717) is 17.4 Å². The van der Waals surface area contributed by atoms with Crippen LogP contribution < -0.4 is 11.1 Å². The van der Waals surface area contributed by atoms with Crippen LogP contribution in [0, 0.1) is 5.92 Å². The van der Waals surface area contributed by atoms with Crippen molar-refractivity contribution in [2.24, 2.45) is 11.7 Å². The van der Waals surface area contributed by atoms with Crippen molar-refractivity contribution in [2.45, 2.75) is 12.8 Å². The Morgan fingerprint density at radius 2 is 2.42 bits per heavy atom. The van der Waals surface area contributed by atoms with Crippen molar-refractivity contribution < 1.29 is 4.79 Å². The van der Waals surface area contributed by atoms with Crippen LogP contribution >= 0.6 is 11.6 Å². The lowest BCUT2D eigenvalue weighted by Gasteiger charge is -2.31. The second kappa shape index (κ2) is 6.84. The molecule has 6 heteroatoms. The lowest BCUT2D eigenvalue weighted by atomic mass is 9.97. The van der Waals surface area contributed by atoms with Crippen LogP contribution in [0.5, 0.6) is 0 Å². The molecule has 0 saturated carbocycles. The van der Waals surface area contributed by atoms with Crippen LogP contribution in [0.25, 0.3) is 0 Å². The van der Waals surface area contributed by atoms with Crippen LogP contribution in [0.3, 0.4) is 0 Å². The van der Waals surface area contributed by atoms with Crippen LogP contribution in [0.15, 0.2) is 18.3 Å². The third-order valence-electron chi connectivity index (χ3n) is 3.30. The SMILES string of the molecule is NCCN1CCCC(C(=O)Nc2ccc(Cl)cn2)C1. The van der Waals surface area contributed by atoms with Crippen LogP contribution in [0.2, 0.25) is 5.02 Å². The minimum Gasteiger partial charge on any atom is -0.329 e. The number of nitrogens with one attached hydrogen (secondary N) is 1. The summed E-state index contributed by atoms with van der Waals surface area (Å²) in [5.74, 6) is 0.583. The Bertz CT molecular complexity index is 421. The summed E-state index contributed by atoms with van der Waals surface area (Å²) in [6, 6.07) is 3.42. The van der Waals surface area contributed by atoms with Crippen molar-refractivity contribution in [3.8, 4) is 0 Å². The summed E-state index contributed by atoms with van der Waals surface area (Å²) in [5, 5.41) is 3.39. The molecule has 0 radical (unpaired) electrons. The van der Waals surface area contributed by atoms with Gasteiger partial charge in [-0.25, -0.2) is 4.98 Å². The predicted octanol–water partition coefficient (Wildman–Crippen LogP) is 1.34. The molecule has 1 aromatic rings. The zero-order valence-corrected chi connectivity index (χ0v) is 11.6. The quantitative estimate of drug-likeness (QED) is 0.874. The number of carbonyl (C=O) groups excluding carboxylic acids is 1. The largest absolute Gasteiger partial charge is 0.329 e. The normalized spacial score (nSPS) is 20.2. The molecule has 1 unspecified atom stereocenters. The lowest BCUT2D eigenvalue weighted by molar-refractivity contribution is -0.121. The fourth-order valence-corrected chi connectivity index (χ4v) is 2.45. The Morgan fingerprint density at radius 3 is 3.11 bits per heavy atom. The number of pyridine rings is 1. The van der Waals surface area contributed by atoms with Gasteiger partial charge in [-0.1, -0.05) is 11.6 Å². The fourth-order valence-electron chi connectivity index (χ4n) is 2.33. The summed E-state index contributed by atoms with van der Waals surface area (Å²) >= 11 is 5.76. The number of aromatic nitrogens is 1. The minimum atomic E-state index is 0.0118. The molecule has 2 rings (SSSR count). The maximum Gasteiger partial charge on any atom is 0.229 e. The van der Waals surface area contributed by atoms with Gasteiger partial charge < -0.3 is 16.0 Å². The first-order valence-electron chi connectivity index (χ1n) is 6.54. The number of hydrogen-bond donors (Lipinski definition) is 2. The topological polar surface area (TPSA) is 71.2 Å². The number of carbonyl (C=O) groups is 1. The predicted molar refractivity (Wildman–Crippen MR) is 76.1 cm³/mol. The standard InChI is InChI=1S/C13H19ClN4O/c14-11-3-4-12(16-8-11)17-13(19)10-2-1-6-18(9-10)7-5-15/h3-4,8,10H,1-2,5-7,9,15H2,(H,16,17,19). The number of halogens is 1. The molecule has 1 aromatic heterocycles. The zero-order valence-electron chi connectivity index (χ0n) is 10.8. The molecular formula is C13H19ClN4O. The van der Waals surface area contributed by atoms with Crippen LogP contribution in [-0.4, -0.2) is 42.0 Å². The fraction of sp³-hybridized carbons (Fsp3) is 0.538. The summed E-state index contributed by atoms with van der Waals surface area (Å²) in [5.41, 5.74) is 5.55. The van der Waals surface area contributed by atoms with Gasteiger partial charge in [0.25, 0.3) is 0 Å². The second-order valence-corrected chi connectivity index (χ2v) is 5.22. The van der Waals surface area contributed by atoms with E-state index < -0.39 is 0 Å². The first-order chi connectivity index (χ1) is 9.19. The average molecular weight is 283 g/mol. The zero-order chi connectivity index (χ0) is 13.7. The molecule has 0 spiro atoms. The Balaban J connectivity index is 1.90. The highest BCUT2D eigenvalue weighted by atomic mass is 35.5. The second-order valence-electron chi connectivity index (χ2n) is 4.78. The molecule has 1 saturated heterocycles. The number of piperidine rings is 1. The summed E-state index contributed by atoms with van der Waals surface area (Å²) < 4.78 is 0. The van der Waals surface area contributed by atoms with E-state index in [2.05, 4.69) is 15.2 Å². The van der Waals surface area contributed by atoms with E-state index in [1.54, 1.807) is 12.1 Å². The Hall–Kier alpha value is -1.17. The van der Waals surface area contributed by atoms with E-state index in [4.69, 9.17) is 17.3 Å². The van der Waals surface area contributed by atoms with Gasteiger partial charge in [-0.2, -0.15) is 0 Å². The van der Waals surface area contributed by atoms with E-state index >= 15 is 0 Å². The molecule has 1 fully saturated rings. The third-order valence-corrected chi connectivity index (χ3v) is 3.52. The molecule has 3 N–H and O–H groups in total. The molecule has 0 bridgehead atoms. The Kier molecular flexibility index (Phi) is 5.13. The molecule has 104 valence electrons. The number of anilines is 1. The van der Waals surface area contributed by atoms with Crippen molar-refractivity contribution in [3.63, 3.8) is 0 Å². The van der Waals surface area contributed by atoms with Gasteiger partial charge in [0.05, 0.1) is 10.9 Å². The molecular weight excluding hydrogens is 264 g/mol. The smallest absolute Gasteiger partial charge is 0.229 e. The third kappa shape index (κ3) is 4.16. The van der Waals surface area contributed by atoms with E-state index in [0.717, 1.165) is 32.5 Å². The highest BCUT2D eigenvalue weighted by Crippen LogP contribution is 2.18. The summed E-state index contributed by atoms with van der Waals surface area (Å²) in [6.45, 7) is 3.28. The number of likely N-dealkylation sites (tertiary alicyclic amines) is 1. The maximum absolute atomic E-state index is 12.2. The summed E-state index contributed by atoms with van der Waals surface area (Å²) in [6.07, 6.45) is 3.48. The molecule has 0 aliphatic carbocycles. The molecule has 5 nitrogen and oxygen atoms in total. The van der Waals surface area contributed by atoms with E-state index in [-0.39, 0.29) is 11.8 Å². The van der Waals surface area contributed by atoms with Gasteiger partial charge >= 0.3 is 0 Å². The molecule has 0 aromatic carbocycles. The molecule has 1 aliphatic heterocycles. The number of rotatable bonds is 4. The Labute approximate surface area is 118 Å². The van der Waals surface area contributed by atoms with Gasteiger partial charge in [-0.3, -0.25) is 4.79 Å². The van der Waals surface area contributed by atoms with E-state index in [1.807, 2.05) is 0 Å². The first-order valence-corrected chi connectivity index (χ1v) is 6.91. The molecule has 1 aliphatic rings. The van der Waals surface area contributed by atoms with Gasteiger partial charge in [-0.15, -0.1) is 0 Å². The van der Waals surface area contributed by atoms with Crippen molar-refractivity contribution >= 4 is 23.3 Å². The highest BCUT2D eigenvalue weighted by molar-refractivity contribution is 6.30. The van der Waals surface area contributed by atoms with Crippen molar-refractivity contribution in [2.75, 3.05) is 31.5 Å². The van der Waals surface area contributed by atoms with Crippen molar-refractivity contribution in [1.82, 2.24) is 9.88 Å². The van der Waals surface area contributed by atoms with Crippen LogP contribution in [0.4, 0.5) is 5.82 Å². The first kappa shape index (κ1) is 14.2. The van der Waals surface area contributed by atoms with E-state index in [9.17, 15) is 4.79 Å². The lowest BCUT2D eigenvalue weighted by Crippen LogP contribution is -2.42. The average Bonchev–Trinajstić information content (AvgIpc) is 2.42. The van der Waals surface area contributed by atoms with Crippen LogP contribution in [0.1, 0.15) is 12.8 Å². The number of amides is 1. The number of hydrogen-bond acceptors (Lipinski definition) is 4. The van der Waals surface area contributed by atoms with Gasteiger partial charge in [-0.05, 0) is 31.5 Å². The number of nitrogens with zero attached hydrogens (tertiary/aromatic N) is 2. The molecule has 2 heterocycles.